The Morgan fingerprint density at radius 2 is 1.84 bits per heavy atom. The minimum absolute atomic E-state index is 0.0476. The number of hydrogen-bond donors (Lipinski definition) is 2. The molecule has 0 saturated carbocycles. The second-order valence-electron chi connectivity index (χ2n) is 5.19. The van der Waals surface area contributed by atoms with Crippen molar-refractivity contribution in [3.05, 3.63) is 66.0 Å². The fraction of sp³-hybridized carbons (Fsp3) is 0.278. The number of carbonyl (C=O) groups excluding carboxylic acids is 2. The number of methoxy groups -OCH3 is 1. The second kappa shape index (κ2) is 9.92. The molecule has 0 saturated heterocycles. The third-order valence-electron chi connectivity index (χ3n) is 3.42. The summed E-state index contributed by atoms with van der Waals surface area (Å²) in [6.45, 7) is 0.225. The van der Waals surface area contributed by atoms with Crippen LogP contribution in [0.2, 0.25) is 0 Å². The molecule has 2 aromatic rings. The summed E-state index contributed by atoms with van der Waals surface area (Å²) < 4.78 is 9.52. The van der Waals surface area contributed by atoms with E-state index in [-0.39, 0.29) is 19.2 Å². The van der Waals surface area contributed by atoms with Gasteiger partial charge < -0.3 is 20.1 Å². The third kappa shape index (κ3) is 6.50. The summed E-state index contributed by atoms with van der Waals surface area (Å²) in [6.07, 6.45) is 1.13. The van der Waals surface area contributed by atoms with Gasteiger partial charge in [-0.05, 0) is 17.7 Å². The van der Waals surface area contributed by atoms with Gasteiger partial charge in [-0.1, -0.05) is 36.4 Å². The Balaban J connectivity index is 1.92. The van der Waals surface area contributed by atoms with Gasteiger partial charge in [-0.15, -0.1) is 0 Å². The Kier molecular flexibility index (Phi) is 7.24. The van der Waals surface area contributed by atoms with Crippen molar-refractivity contribution >= 4 is 12.2 Å². The van der Waals surface area contributed by atoms with E-state index < -0.39 is 12.2 Å². The Morgan fingerprint density at radius 1 is 1.08 bits per heavy atom. The van der Waals surface area contributed by atoms with Gasteiger partial charge in [0.2, 0.25) is 0 Å². The van der Waals surface area contributed by atoms with Crippen LogP contribution in [-0.2, 0) is 15.9 Å². The van der Waals surface area contributed by atoms with Crippen LogP contribution in [0.4, 0.5) is 9.59 Å². The molecule has 0 radical (unpaired) electrons. The molecule has 1 aromatic heterocycles. The number of nitrogens with one attached hydrogen (secondary N) is 2. The zero-order valence-electron chi connectivity index (χ0n) is 14.0. The van der Waals surface area contributed by atoms with Crippen LogP contribution >= 0.6 is 0 Å². The molecular weight excluding hydrogens is 322 g/mol. The van der Waals surface area contributed by atoms with Crippen LogP contribution in [0.15, 0.2) is 54.7 Å². The lowest BCUT2D eigenvalue weighted by atomic mass is 10.0. The summed E-state index contributed by atoms with van der Waals surface area (Å²) in [4.78, 5) is 27.3. The van der Waals surface area contributed by atoms with Gasteiger partial charge in [-0.25, -0.2) is 9.59 Å². The van der Waals surface area contributed by atoms with Gasteiger partial charge in [0.15, 0.2) is 0 Å². The maximum atomic E-state index is 12.0. The predicted octanol–water partition coefficient (Wildman–Crippen LogP) is 2.45. The molecule has 2 N–H and O–H groups in total. The molecule has 0 fully saturated rings. The number of benzene rings is 1. The highest BCUT2D eigenvalue weighted by atomic mass is 16.6. The fourth-order valence-electron chi connectivity index (χ4n) is 2.22. The first kappa shape index (κ1) is 18.3. The number of alkyl carbamates (subject to hydrolysis) is 2. The number of aromatic nitrogens is 1. The second-order valence-corrected chi connectivity index (χ2v) is 5.19. The molecule has 25 heavy (non-hydrogen) atoms. The van der Waals surface area contributed by atoms with E-state index in [2.05, 4.69) is 20.4 Å². The van der Waals surface area contributed by atoms with Crippen molar-refractivity contribution in [1.82, 2.24) is 15.6 Å². The molecule has 0 aliphatic carbocycles. The predicted molar refractivity (Wildman–Crippen MR) is 92.0 cm³/mol. The molecule has 132 valence electrons. The molecule has 1 atom stereocenters. The van der Waals surface area contributed by atoms with E-state index in [0.717, 1.165) is 11.3 Å². The molecule has 2 amide bonds. The first-order chi connectivity index (χ1) is 12.2. The van der Waals surface area contributed by atoms with Crippen molar-refractivity contribution in [3.8, 4) is 0 Å². The number of carbonyl (C=O) groups is 2. The van der Waals surface area contributed by atoms with Crippen LogP contribution in [0.5, 0.6) is 0 Å². The molecule has 2 rings (SSSR count). The van der Waals surface area contributed by atoms with Crippen molar-refractivity contribution in [3.63, 3.8) is 0 Å². The van der Waals surface area contributed by atoms with Crippen LogP contribution in [-0.4, -0.2) is 37.4 Å². The minimum Gasteiger partial charge on any atom is -0.453 e. The lowest BCUT2D eigenvalue weighted by Gasteiger charge is -2.19. The SMILES string of the molecule is COC(=O)NCCOC(=O)NC(Cc1ccccn1)c1ccccc1. The largest absolute Gasteiger partial charge is 0.453 e. The first-order valence-corrected chi connectivity index (χ1v) is 7.89. The topological polar surface area (TPSA) is 89.5 Å². The number of amides is 2. The lowest BCUT2D eigenvalue weighted by Crippen LogP contribution is -2.33. The normalized spacial score (nSPS) is 11.2. The van der Waals surface area contributed by atoms with Gasteiger partial charge in [-0.2, -0.15) is 0 Å². The molecule has 0 aliphatic heterocycles. The van der Waals surface area contributed by atoms with Crippen LogP contribution in [0.25, 0.3) is 0 Å². The van der Waals surface area contributed by atoms with E-state index in [1.807, 2.05) is 48.5 Å². The molecule has 7 nitrogen and oxygen atoms in total. The zero-order valence-corrected chi connectivity index (χ0v) is 14.0. The van der Waals surface area contributed by atoms with Crippen molar-refractivity contribution in [2.45, 2.75) is 12.5 Å². The lowest BCUT2D eigenvalue weighted by molar-refractivity contribution is 0.137. The maximum absolute atomic E-state index is 12.0. The number of nitrogens with zero attached hydrogens (tertiary/aromatic N) is 1. The monoisotopic (exact) mass is 343 g/mol. The van der Waals surface area contributed by atoms with E-state index in [4.69, 9.17) is 4.74 Å². The van der Waals surface area contributed by atoms with E-state index in [1.165, 1.54) is 7.11 Å². The van der Waals surface area contributed by atoms with Crippen LogP contribution in [0.3, 0.4) is 0 Å². The molecular formula is C18H21N3O4. The Labute approximate surface area is 146 Å². The smallest absolute Gasteiger partial charge is 0.407 e. The Bertz CT molecular complexity index is 665. The summed E-state index contributed by atoms with van der Waals surface area (Å²) in [7, 11) is 1.27. The molecule has 1 aromatic carbocycles. The molecule has 1 heterocycles. The number of hydrogen-bond acceptors (Lipinski definition) is 5. The van der Waals surface area contributed by atoms with Gasteiger partial charge in [0, 0.05) is 18.3 Å². The van der Waals surface area contributed by atoms with Gasteiger partial charge in [0.1, 0.15) is 6.61 Å². The number of ether oxygens (including phenoxy) is 2. The van der Waals surface area contributed by atoms with E-state index in [1.54, 1.807) is 6.20 Å². The van der Waals surface area contributed by atoms with Crippen molar-refractivity contribution in [2.75, 3.05) is 20.3 Å². The van der Waals surface area contributed by atoms with Crippen LogP contribution in [0.1, 0.15) is 17.3 Å². The highest BCUT2D eigenvalue weighted by Crippen LogP contribution is 2.17. The first-order valence-electron chi connectivity index (χ1n) is 7.89. The average molecular weight is 343 g/mol. The highest BCUT2D eigenvalue weighted by Gasteiger charge is 2.16. The molecule has 0 aliphatic rings. The fourth-order valence-corrected chi connectivity index (χ4v) is 2.22. The summed E-state index contributed by atoms with van der Waals surface area (Å²) in [5.41, 5.74) is 1.82. The Morgan fingerprint density at radius 3 is 2.52 bits per heavy atom. The number of rotatable bonds is 7. The molecule has 0 spiro atoms. The maximum Gasteiger partial charge on any atom is 0.407 e. The average Bonchev–Trinajstić information content (AvgIpc) is 2.66. The van der Waals surface area contributed by atoms with Gasteiger partial charge >= 0.3 is 12.2 Å². The van der Waals surface area contributed by atoms with Gasteiger partial charge in [-0.3, -0.25) is 4.98 Å². The van der Waals surface area contributed by atoms with Gasteiger partial charge in [0.05, 0.1) is 19.7 Å². The van der Waals surface area contributed by atoms with E-state index >= 15 is 0 Å². The highest BCUT2D eigenvalue weighted by molar-refractivity contribution is 5.68. The van der Waals surface area contributed by atoms with Crippen LogP contribution < -0.4 is 10.6 Å². The molecule has 0 bridgehead atoms. The third-order valence-corrected chi connectivity index (χ3v) is 3.42. The number of pyridine rings is 1. The molecule has 7 heteroatoms. The van der Waals surface area contributed by atoms with Gasteiger partial charge in [0.25, 0.3) is 0 Å². The van der Waals surface area contributed by atoms with Crippen LogP contribution in [0, 0.1) is 0 Å². The standard InChI is InChI=1S/C18H21N3O4/c1-24-17(22)20-11-12-25-18(23)21-16(14-7-3-2-4-8-14)13-15-9-5-6-10-19-15/h2-10,16H,11-13H2,1H3,(H,20,22)(H,21,23). The summed E-state index contributed by atoms with van der Waals surface area (Å²) in [6, 6.07) is 15.0. The van der Waals surface area contributed by atoms with Crippen molar-refractivity contribution in [2.24, 2.45) is 0 Å². The minimum atomic E-state index is -0.568. The summed E-state index contributed by atoms with van der Waals surface area (Å²) in [5.74, 6) is 0. The Hall–Kier alpha value is -3.09. The molecule has 1 unspecified atom stereocenters. The summed E-state index contributed by atoms with van der Waals surface area (Å²) >= 11 is 0. The zero-order chi connectivity index (χ0) is 17.9. The van der Waals surface area contributed by atoms with E-state index in [9.17, 15) is 9.59 Å². The quantitative estimate of drug-likeness (QED) is 0.754. The van der Waals surface area contributed by atoms with Crippen molar-refractivity contribution in [1.29, 1.82) is 0 Å². The van der Waals surface area contributed by atoms with E-state index in [0.29, 0.717) is 6.42 Å². The van der Waals surface area contributed by atoms with Crippen molar-refractivity contribution < 1.29 is 19.1 Å². The summed E-state index contributed by atoms with van der Waals surface area (Å²) in [5, 5.41) is 5.28.